The minimum Gasteiger partial charge on any atom is -0.396 e. The van der Waals surface area contributed by atoms with Crippen molar-refractivity contribution in [3.63, 3.8) is 0 Å². The number of aliphatic hydroxyl groups is 1. The van der Waals surface area contributed by atoms with Crippen molar-refractivity contribution in [2.24, 2.45) is 0 Å². The summed E-state index contributed by atoms with van der Waals surface area (Å²) in [5.41, 5.74) is -0.830. The average molecular weight is 222 g/mol. The molecule has 1 aromatic rings. The average Bonchev–Trinajstić information content (AvgIpc) is 2.49. The van der Waals surface area contributed by atoms with Crippen molar-refractivity contribution < 1.29 is 18.3 Å². The highest BCUT2D eigenvalue weighted by molar-refractivity contribution is 5.20. The van der Waals surface area contributed by atoms with E-state index in [1.165, 1.54) is 10.9 Å². The molecule has 0 aliphatic carbocycles. The third-order valence-electron chi connectivity index (χ3n) is 1.94. The molecule has 0 radical (unpaired) electrons. The maximum Gasteiger partial charge on any atom is 0.435 e. The van der Waals surface area contributed by atoms with Crippen molar-refractivity contribution in [2.45, 2.75) is 32.5 Å². The molecular formula is C9H13F3N2O. The van der Waals surface area contributed by atoms with E-state index in [0.29, 0.717) is 6.54 Å². The molecule has 0 atom stereocenters. The summed E-state index contributed by atoms with van der Waals surface area (Å²) >= 11 is 0. The van der Waals surface area contributed by atoms with Crippen LogP contribution in [-0.4, -0.2) is 21.5 Å². The highest BCUT2D eigenvalue weighted by Gasteiger charge is 2.36. The van der Waals surface area contributed by atoms with Crippen molar-refractivity contribution in [1.29, 1.82) is 0 Å². The molecule has 1 rings (SSSR count). The van der Waals surface area contributed by atoms with Crippen LogP contribution in [0.1, 0.15) is 24.6 Å². The third-order valence-corrected chi connectivity index (χ3v) is 1.94. The standard InChI is InChI=1S/C9H13F3N2O/c1-2-4-14-6-7(3-5-15)8(13-14)9(10,11)12/h6,15H,2-5H2,1H3. The van der Waals surface area contributed by atoms with Crippen LogP contribution >= 0.6 is 0 Å². The van der Waals surface area contributed by atoms with Crippen LogP contribution in [0.2, 0.25) is 0 Å². The topological polar surface area (TPSA) is 38.0 Å². The first-order chi connectivity index (χ1) is 6.99. The number of hydrogen-bond acceptors (Lipinski definition) is 2. The molecule has 0 aliphatic rings. The van der Waals surface area contributed by atoms with Gasteiger partial charge in [-0.25, -0.2) is 0 Å². The first kappa shape index (κ1) is 12.0. The summed E-state index contributed by atoms with van der Waals surface area (Å²) in [4.78, 5) is 0. The van der Waals surface area contributed by atoms with E-state index in [9.17, 15) is 13.2 Å². The van der Waals surface area contributed by atoms with Gasteiger partial charge in [0.25, 0.3) is 0 Å². The summed E-state index contributed by atoms with van der Waals surface area (Å²) in [5.74, 6) is 0. The molecule has 0 aromatic carbocycles. The van der Waals surface area contributed by atoms with Crippen molar-refractivity contribution in [3.05, 3.63) is 17.5 Å². The second-order valence-corrected chi connectivity index (χ2v) is 3.24. The zero-order valence-corrected chi connectivity index (χ0v) is 8.38. The quantitative estimate of drug-likeness (QED) is 0.844. The van der Waals surface area contributed by atoms with Gasteiger partial charge in [0, 0.05) is 24.9 Å². The Morgan fingerprint density at radius 2 is 2.13 bits per heavy atom. The van der Waals surface area contributed by atoms with Crippen LogP contribution in [0.3, 0.4) is 0 Å². The molecule has 0 saturated carbocycles. The van der Waals surface area contributed by atoms with E-state index in [1.54, 1.807) is 0 Å². The van der Waals surface area contributed by atoms with Gasteiger partial charge in [-0.05, 0) is 12.8 Å². The Hall–Kier alpha value is -1.04. The Morgan fingerprint density at radius 3 is 2.60 bits per heavy atom. The Labute approximate surface area is 85.5 Å². The van der Waals surface area contributed by atoms with E-state index in [0.717, 1.165) is 6.42 Å². The van der Waals surface area contributed by atoms with Crippen LogP contribution in [0.15, 0.2) is 6.20 Å². The molecule has 0 spiro atoms. The molecule has 1 heterocycles. The van der Waals surface area contributed by atoms with Gasteiger partial charge in [-0.15, -0.1) is 0 Å². The second-order valence-electron chi connectivity index (χ2n) is 3.24. The number of nitrogens with zero attached hydrogens (tertiary/aromatic N) is 2. The largest absolute Gasteiger partial charge is 0.435 e. The molecule has 0 fully saturated rings. The number of hydrogen-bond donors (Lipinski definition) is 1. The molecule has 0 aliphatic heterocycles. The van der Waals surface area contributed by atoms with Gasteiger partial charge < -0.3 is 5.11 Å². The fraction of sp³-hybridized carbons (Fsp3) is 0.667. The van der Waals surface area contributed by atoms with Crippen molar-refractivity contribution in [1.82, 2.24) is 9.78 Å². The molecule has 1 N–H and O–H groups in total. The molecule has 0 amide bonds. The molecule has 15 heavy (non-hydrogen) atoms. The lowest BCUT2D eigenvalue weighted by molar-refractivity contribution is -0.142. The van der Waals surface area contributed by atoms with Gasteiger partial charge in [0.2, 0.25) is 0 Å². The summed E-state index contributed by atoms with van der Waals surface area (Å²) in [5, 5.41) is 12.1. The maximum atomic E-state index is 12.5. The van der Waals surface area contributed by atoms with Gasteiger partial charge in [-0.1, -0.05) is 6.92 Å². The molecule has 0 unspecified atom stereocenters. The summed E-state index contributed by atoms with van der Waals surface area (Å²) in [6, 6.07) is 0. The van der Waals surface area contributed by atoms with Crippen LogP contribution in [0.5, 0.6) is 0 Å². The van der Waals surface area contributed by atoms with Crippen molar-refractivity contribution in [3.8, 4) is 0 Å². The third kappa shape index (κ3) is 2.95. The minimum absolute atomic E-state index is 0.0153. The van der Waals surface area contributed by atoms with Gasteiger partial charge in [-0.3, -0.25) is 4.68 Å². The van der Waals surface area contributed by atoms with E-state index >= 15 is 0 Å². The Morgan fingerprint density at radius 1 is 1.47 bits per heavy atom. The van der Waals surface area contributed by atoms with Crippen LogP contribution < -0.4 is 0 Å². The fourth-order valence-corrected chi connectivity index (χ4v) is 1.35. The van der Waals surface area contributed by atoms with E-state index in [2.05, 4.69) is 5.10 Å². The normalized spacial score (nSPS) is 12.1. The smallest absolute Gasteiger partial charge is 0.396 e. The van der Waals surface area contributed by atoms with Gasteiger partial charge >= 0.3 is 6.18 Å². The molecule has 0 saturated heterocycles. The molecule has 86 valence electrons. The van der Waals surface area contributed by atoms with Crippen LogP contribution in [0.4, 0.5) is 13.2 Å². The lowest BCUT2D eigenvalue weighted by atomic mass is 10.2. The monoisotopic (exact) mass is 222 g/mol. The highest BCUT2D eigenvalue weighted by Crippen LogP contribution is 2.30. The Bertz CT molecular complexity index is 320. The predicted octanol–water partition coefficient (Wildman–Crippen LogP) is 1.85. The summed E-state index contributed by atoms with van der Waals surface area (Å²) in [6.07, 6.45) is -2.39. The van der Waals surface area contributed by atoms with Crippen LogP contribution in [0, 0.1) is 0 Å². The summed E-state index contributed by atoms with van der Waals surface area (Å²) in [6.45, 7) is 2.01. The van der Waals surface area contributed by atoms with Crippen molar-refractivity contribution >= 4 is 0 Å². The molecule has 3 nitrogen and oxygen atoms in total. The fourth-order valence-electron chi connectivity index (χ4n) is 1.35. The van der Waals surface area contributed by atoms with E-state index in [1.807, 2.05) is 6.92 Å². The Balaban J connectivity index is 3.00. The summed E-state index contributed by atoms with van der Waals surface area (Å²) in [7, 11) is 0. The zero-order valence-electron chi connectivity index (χ0n) is 8.38. The van der Waals surface area contributed by atoms with E-state index in [4.69, 9.17) is 5.11 Å². The van der Waals surface area contributed by atoms with Crippen molar-refractivity contribution in [2.75, 3.05) is 6.61 Å². The number of aliphatic hydroxyl groups excluding tert-OH is 1. The Kier molecular flexibility index (Phi) is 3.73. The first-order valence-corrected chi connectivity index (χ1v) is 4.73. The lowest BCUT2D eigenvalue weighted by Gasteiger charge is -2.04. The number of aromatic nitrogens is 2. The van der Waals surface area contributed by atoms with Crippen LogP contribution in [0.25, 0.3) is 0 Å². The van der Waals surface area contributed by atoms with Gasteiger partial charge in [0.1, 0.15) is 0 Å². The SMILES string of the molecule is CCCn1cc(CCO)c(C(F)(F)F)n1. The maximum absolute atomic E-state index is 12.5. The number of halogens is 3. The van der Waals surface area contributed by atoms with Gasteiger partial charge in [0.15, 0.2) is 5.69 Å². The number of alkyl halides is 3. The lowest BCUT2D eigenvalue weighted by Crippen LogP contribution is -2.10. The summed E-state index contributed by atoms with van der Waals surface area (Å²) < 4.78 is 38.7. The predicted molar refractivity (Wildman–Crippen MR) is 48.3 cm³/mol. The molecular weight excluding hydrogens is 209 g/mol. The minimum atomic E-state index is -4.44. The van der Waals surface area contributed by atoms with Gasteiger partial charge in [0.05, 0.1) is 0 Å². The zero-order chi connectivity index (χ0) is 11.5. The highest BCUT2D eigenvalue weighted by atomic mass is 19.4. The van der Waals surface area contributed by atoms with E-state index in [-0.39, 0.29) is 18.6 Å². The molecule has 6 heteroatoms. The molecule has 1 aromatic heterocycles. The first-order valence-electron chi connectivity index (χ1n) is 4.73. The van der Waals surface area contributed by atoms with Gasteiger partial charge in [-0.2, -0.15) is 18.3 Å². The van der Waals surface area contributed by atoms with Crippen LogP contribution in [-0.2, 0) is 19.1 Å². The molecule has 0 bridgehead atoms. The number of rotatable bonds is 4. The van der Waals surface area contributed by atoms with E-state index < -0.39 is 11.9 Å². The second kappa shape index (κ2) is 4.65. The number of aryl methyl sites for hydroxylation is 1.